The Balaban J connectivity index is 1.22. The second-order valence-electron chi connectivity index (χ2n) is 8.87. The fraction of sp³-hybridized carbons (Fsp3) is 0.417. The molecule has 9 heteroatoms. The number of allylic oxidation sites excluding steroid dienone is 1. The Morgan fingerprint density at radius 3 is 2.70 bits per heavy atom. The lowest BCUT2D eigenvalue weighted by Gasteiger charge is -2.48. The molecule has 2 N–H and O–H groups in total. The SMILES string of the molecule is CC1(N2CCN(C3COC3)CC2)C=CC(Nc2ncnc(-c3ccc(O)c(C#N)c3)n2)=CC1. The van der Waals surface area contributed by atoms with Crippen molar-refractivity contribution < 1.29 is 9.84 Å². The summed E-state index contributed by atoms with van der Waals surface area (Å²) in [7, 11) is 0. The van der Waals surface area contributed by atoms with Crippen molar-refractivity contribution in [3.63, 3.8) is 0 Å². The number of anilines is 1. The van der Waals surface area contributed by atoms with Crippen molar-refractivity contribution in [2.75, 3.05) is 44.7 Å². The van der Waals surface area contributed by atoms with E-state index in [1.54, 1.807) is 12.1 Å². The molecule has 2 aliphatic heterocycles. The van der Waals surface area contributed by atoms with Crippen LogP contribution in [-0.2, 0) is 4.74 Å². The second-order valence-corrected chi connectivity index (χ2v) is 8.87. The van der Waals surface area contributed by atoms with Gasteiger partial charge in [-0.15, -0.1) is 0 Å². The quantitative estimate of drug-likeness (QED) is 0.715. The van der Waals surface area contributed by atoms with Crippen molar-refractivity contribution >= 4 is 5.95 Å². The fourth-order valence-electron chi connectivity index (χ4n) is 4.47. The molecule has 2 aromatic rings. The number of ether oxygens (including phenoxy) is 1. The molecule has 2 fully saturated rings. The Morgan fingerprint density at radius 2 is 2.03 bits per heavy atom. The van der Waals surface area contributed by atoms with Crippen LogP contribution >= 0.6 is 0 Å². The molecule has 2 saturated heterocycles. The molecule has 0 radical (unpaired) electrons. The first-order chi connectivity index (χ1) is 16.0. The lowest BCUT2D eigenvalue weighted by Crippen LogP contribution is -2.60. The lowest BCUT2D eigenvalue weighted by atomic mass is 9.89. The number of rotatable bonds is 5. The summed E-state index contributed by atoms with van der Waals surface area (Å²) in [5.74, 6) is 0.805. The molecule has 1 aromatic heterocycles. The van der Waals surface area contributed by atoms with Crippen LogP contribution in [0.1, 0.15) is 18.9 Å². The molecule has 5 rings (SSSR count). The number of benzene rings is 1. The maximum atomic E-state index is 9.73. The number of phenolic OH excluding ortho intramolecular Hbond substituents is 1. The average Bonchev–Trinajstić information content (AvgIpc) is 2.80. The minimum absolute atomic E-state index is 0.00260. The van der Waals surface area contributed by atoms with Crippen LogP contribution in [0.25, 0.3) is 11.4 Å². The highest BCUT2D eigenvalue weighted by molar-refractivity contribution is 5.62. The third-order valence-electron chi connectivity index (χ3n) is 6.73. The summed E-state index contributed by atoms with van der Waals surface area (Å²) in [6, 6.07) is 7.29. The van der Waals surface area contributed by atoms with E-state index in [-0.39, 0.29) is 16.9 Å². The molecule has 0 bridgehead atoms. The molecule has 1 atom stereocenters. The summed E-state index contributed by atoms with van der Waals surface area (Å²) in [6.45, 7) is 8.33. The van der Waals surface area contributed by atoms with Crippen molar-refractivity contribution in [1.29, 1.82) is 5.26 Å². The summed E-state index contributed by atoms with van der Waals surface area (Å²) in [4.78, 5) is 18.0. The molecule has 9 nitrogen and oxygen atoms in total. The van der Waals surface area contributed by atoms with Gasteiger partial charge in [0.25, 0.3) is 0 Å². The van der Waals surface area contributed by atoms with E-state index in [4.69, 9.17) is 10.00 Å². The molecule has 1 aliphatic carbocycles. The highest BCUT2D eigenvalue weighted by Gasteiger charge is 2.35. The Kier molecular flexibility index (Phi) is 5.81. The normalized spacial score (nSPS) is 24.1. The van der Waals surface area contributed by atoms with E-state index in [2.05, 4.69) is 55.2 Å². The second kappa shape index (κ2) is 8.90. The number of phenols is 1. The first-order valence-corrected chi connectivity index (χ1v) is 11.2. The fourth-order valence-corrected chi connectivity index (χ4v) is 4.47. The Morgan fingerprint density at radius 1 is 1.21 bits per heavy atom. The van der Waals surface area contributed by atoms with Crippen LogP contribution in [0.2, 0.25) is 0 Å². The van der Waals surface area contributed by atoms with Gasteiger partial charge in [0.05, 0.1) is 24.8 Å². The Hall–Kier alpha value is -3.32. The van der Waals surface area contributed by atoms with Crippen molar-refractivity contribution in [3.05, 3.63) is 54.0 Å². The van der Waals surface area contributed by atoms with Crippen molar-refractivity contribution in [3.8, 4) is 23.2 Å². The van der Waals surface area contributed by atoms with Gasteiger partial charge in [0.2, 0.25) is 5.95 Å². The van der Waals surface area contributed by atoms with Gasteiger partial charge in [-0.05, 0) is 37.6 Å². The predicted molar refractivity (Wildman–Crippen MR) is 123 cm³/mol. The van der Waals surface area contributed by atoms with E-state index in [0.717, 1.165) is 51.5 Å². The maximum Gasteiger partial charge on any atom is 0.230 e. The number of aromatic hydroxyl groups is 1. The molecule has 1 unspecified atom stereocenters. The Labute approximate surface area is 193 Å². The monoisotopic (exact) mass is 445 g/mol. The van der Waals surface area contributed by atoms with Gasteiger partial charge in [0.1, 0.15) is 18.1 Å². The van der Waals surface area contributed by atoms with Crippen LogP contribution in [0.5, 0.6) is 5.75 Å². The number of hydrogen-bond acceptors (Lipinski definition) is 9. The topological polar surface area (TPSA) is 110 Å². The number of hydrogen-bond donors (Lipinski definition) is 2. The van der Waals surface area contributed by atoms with Crippen molar-refractivity contribution in [2.24, 2.45) is 0 Å². The van der Waals surface area contributed by atoms with E-state index in [0.29, 0.717) is 23.4 Å². The molecule has 0 spiro atoms. The summed E-state index contributed by atoms with van der Waals surface area (Å²) >= 11 is 0. The van der Waals surface area contributed by atoms with Crippen LogP contribution in [0.4, 0.5) is 5.95 Å². The first kappa shape index (κ1) is 21.5. The summed E-state index contributed by atoms with van der Waals surface area (Å²) in [6.07, 6.45) is 8.88. The number of piperazine rings is 1. The summed E-state index contributed by atoms with van der Waals surface area (Å²) < 4.78 is 5.34. The van der Waals surface area contributed by atoms with Crippen LogP contribution in [-0.4, -0.2) is 80.8 Å². The standard InChI is InChI=1S/C24H27N7O2/c1-24(31-10-8-30(9-11-31)20-14-33-15-20)6-4-19(5-7-24)28-23-27-16-26-22(29-23)17-2-3-21(32)18(12-17)13-25/h2-6,12,16,20,32H,7-11,14-15H2,1H3,(H,26,27,28,29). The molecule has 3 aliphatic rings. The molecule has 33 heavy (non-hydrogen) atoms. The largest absolute Gasteiger partial charge is 0.507 e. The summed E-state index contributed by atoms with van der Waals surface area (Å²) in [5.41, 5.74) is 1.76. The van der Waals surface area contributed by atoms with E-state index >= 15 is 0 Å². The van der Waals surface area contributed by atoms with Crippen LogP contribution in [0, 0.1) is 11.3 Å². The van der Waals surface area contributed by atoms with Gasteiger partial charge in [0, 0.05) is 43.0 Å². The van der Waals surface area contributed by atoms with Crippen molar-refractivity contribution in [1.82, 2.24) is 24.8 Å². The summed E-state index contributed by atoms with van der Waals surface area (Å²) in [5, 5.41) is 22.1. The zero-order valence-electron chi connectivity index (χ0n) is 18.6. The average molecular weight is 446 g/mol. The lowest BCUT2D eigenvalue weighted by molar-refractivity contribution is -0.0823. The van der Waals surface area contributed by atoms with E-state index < -0.39 is 0 Å². The zero-order chi connectivity index (χ0) is 22.8. The molecule has 1 aromatic carbocycles. The molecular weight excluding hydrogens is 418 g/mol. The van der Waals surface area contributed by atoms with Gasteiger partial charge >= 0.3 is 0 Å². The smallest absolute Gasteiger partial charge is 0.230 e. The predicted octanol–water partition coefficient (Wildman–Crippen LogP) is 2.15. The van der Waals surface area contributed by atoms with Gasteiger partial charge in [0.15, 0.2) is 5.82 Å². The third kappa shape index (κ3) is 4.46. The molecule has 0 saturated carbocycles. The third-order valence-corrected chi connectivity index (χ3v) is 6.73. The van der Waals surface area contributed by atoms with E-state index in [1.165, 1.54) is 12.4 Å². The van der Waals surface area contributed by atoms with Gasteiger partial charge in [-0.25, -0.2) is 9.97 Å². The van der Waals surface area contributed by atoms with E-state index in [9.17, 15) is 5.11 Å². The zero-order valence-corrected chi connectivity index (χ0v) is 18.6. The molecule has 170 valence electrons. The molecule has 3 heterocycles. The van der Waals surface area contributed by atoms with Gasteiger partial charge in [-0.3, -0.25) is 9.80 Å². The highest BCUT2D eigenvalue weighted by Crippen LogP contribution is 2.29. The van der Waals surface area contributed by atoms with Gasteiger partial charge in [-0.1, -0.05) is 12.2 Å². The molecule has 0 amide bonds. The van der Waals surface area contributed by atoms with Gasteiger partial charge < -0.3 is 15.2 Å². The number of aromatic nitrogens is 3. The van der Waals surface area contributed by atoms with E-state index in [1.807, 2.05) is 6.07 Å². The number of nitrogens with one attached hydrogen (secondary N) is 1. The number of nitriles is 1. The minimum Gasteiger partial charge on any atom is -0.507 e. The van der Waals surface area contributed by atoms with Crippen LogP contribution in [0.3, 0.4) is 0 Å². The van der Waals surface area contributed by atoms with Crippen molar-refractivity contribution in [2.45, 2.75) is 24.9 Å². The number of nitrogens with zero attached hydrogens (tertiary/aromatic N) is 6. The first-order valence-electron chi connectivity index (χ1n) is 11.2. The maximum absolute atomic E-state index is 9.73. The molecular formula is C24H27N7O2. The highest BCUT2D eigenvalue weighted by atomic mass is 16.5. The van der Waals surface area contributed by atoms with Crippen LogP contribution in [0.15, 0.2) is 48.5 Å². The van der Waals surface area contributed by atoms with Crippen LogP contribution < -0.4 is 5.32 Å². The van der Waals surface area contributed by atoms with Gasteiger partial charge in [-0.2, -0.15) is 10.2 Å². The Bertz CT molecular complexity index is 1130. The minimum atomic E-state index is -0.0623.